The average molecular weight is 467 g/mol. The Bertz CT molecular complexity index is 1150. The molecule has 0 fully saturated rings. The molecule has 0 aliphatic heterocycles. The number of nitrogens with one attached hydrogen (secondary N) is 1. The molecule has 0 heterocycles. The van der Waals surface area contributed by atoms with Crippen LogP contribution in [0.2, 0.25) is 5.02 Å². The first-order valence-electron chi connectivity index (χ1n) is 10.1. The number of esters is 1. The molecular formula is C25H23ClN2O5. The molecule has 0 aliphatic rings. The van der Waals surface area contributed by atoms with Crippen LogP contribution in [0.3, 0.4) is 0 Å². The molecule has 0 aliphatic carbocycles. The number of anilines is 1. The molecule has 0 saturated carbocycles. The van der Waals surface area contributed by atoms with Gasteiger partial charge in [0.2, 0.25) is 0 Å². The number of rotatable bonds is 8. The van der Waals surface area contributed by atoms with Gasteiger partial charge in [-0.05, 0) is 35.9 Å². The SMILES string of the molecule is COc1ccc(NC(=O)COC(=O)c2ccccc2C(=O)N(C)Cc2ccccc2)cc1Cl. The third-order valence-corrected chi connectivity index (χ3v) is 5.05. The van der Waals surface area contributed by atoms with Gasteiger partial charge in [-0.1, -0.05) is 54.1 Å². The topological polar surface area (TPSA) is 84.9 Å². The monoisotopic (exact) mass is 466 g/mol. The highest BCUT2D eigenvalue weighted by Crippen LogP contribution is 2.27. The zero-order valence-corrected chi connectivity index (χ0v) is 19.0. The summed E-state index contributed by atoms with van der Waals surface area (Å²) in [6.07, 6.45) is 0. The second-order valence-corrected chi connectivity index (χ2v) is 7.57. The van der Waals surface area contributed by atoms with Gasteiger partial charge in [0.15, 0.2) is 6.61 Å². The van der Waals surface area contributed by atoms with E-state index in [1.807, 2.05) is 30.3 Å². The van der Waals surface area contributed by atoms with Crippen LogP contribution < -0.4 is 10.1 Å². The molecule has 1 N–H and O–H groups in total. The fourth-order valence-electron chi connectivity index (χ4n) is 3.13. The summed E-state index contributed by atoms with van der Waals surface area (Å²) in [6, 6.07) is 20.6. The second kappa shape index (κ2) is 11.2. The van der Waals surface area contributed by atoms with E-state index in [2.05, 4.69) is 5.32 Å². The van der Waals surface area contributed by atoms with Crippen molar-refractivity contribution >= 4 is 35.1 Å². The van der Waals surface area contributed by atoms with Gasteiger partial charge in [-0.3, -0.25) is 9.59 Å². The molecule has 0 spiro atoms. The van der Waals surface area contributed by atoms with Crippen LogP contribution in [0.1, 0.15) is 26.3 Å². The van der Waals surface area contributed by atoms with Crippen molar-refractivity contribution < 1.29 is 23.9 Å². The van der Waals surface area contributed by atoms with Gasteiger partial charge in [-0.15, -0.1) is 0 Å². The van der Waals surface area contributed by atoms with Crippen molar-refractivity contribution in [2.75, 3.05) is 26.1 Å². The number of methoxy groups -OCH3 is 1. The van der Waals surface area contributed by atoms with Crippen molar-refractivity contribution in [3.05, 3.63) is 94.5 Å². The normalized spacial score (nSPS) is 10.3. The van der Waals surface area contributed by atoms with Gasteiger partial charge in [0, 0.05) is 19.3 Å². The molecule has 0 atom stereocenters. The molecule has 170 valence electrons. The van der Waals surface area contributed by atoms with E-state index >= 15 is 0 Å². The number of halogens is 1. The molecule has 0 radical (unpaired) electrons. The van der Waals surface area contributed by atoms with Gasteiger partial charge in [-0.25, -0.2) is 4.79 Å². The quantitative estimate of drug-likeness (QED) is 0.497. The lowest BCUT2D eigenvalue weighted by Gasteiger charge is -2.19. The Morgan fingerprint density at radius 1 is 0.939 bits per heavy atom. The van der Waals surface area contributed by atoms with Crippen LogP contribution in [0.25, 0.3) is 0 Å². The van der Waals surface area contributed by atoms with Crippen LogP contribution in [0, 0.1) is 0 Å². The first-order chi connectivity index (χ1) is 15.9. The van der Waals surface area contributed by atoms with Gasteiger partial charge >= 0.3 is 5.97 Å². The summed E-state index contributed by atoms with van der Waals surface area (Å²) in [7, 11) is 3.14. The molecule has 7 nitrogen and oxygen atoms in total. The summed E-state index contributed by atoms with van der Waals surface area (Å²) in [5.41, 5.74) is 1.68. The fourth-order valence-corrected chi connectivity index (χ4v) is 3.39. The lowest BCUT2D eigenvalue weighted by atomic mass is 10.1. The highest BCUT2D eigenvalue weighted by molar-refractivity contribution is 6.32. The Hall–Kier alpha value is -3.84. The number of benzene rings is 3. The number of carbonyl (C=O) groups is 3. The number of hydrogen-bond donors (Lipinski definition) is 1. The maximum absolute atomic E-state index is 13.0. The molecule has 0 saturated heterocycles. The third kappa shape index (κ3) is 6.33. The van der Waals surface area contributed by atoms with Crippen LogP contribution in [0.4, 0.5) is 5.69 Å². The smallest absolute Gasteiger partial charge is 0.339 e. The van der Waals surface area contributed by atoms with E-state index in [9.17, 15) is 14.4 Å². The molecule has 3 rings (SSSR count). The zero-order valence-electron chi connectivity index (χ0n) is 18.2. The van der Waals surface area contributed by atoms with Crippen molar-refractivity contribution in [2.24, 2.45) is 0 Å². The predicted molar refractivity (Wildman–Crippen MR) is 126 cm³/mol. The maximum Gasteiger partial charge on any atom is 0.339 e. The lowest BCUT2D eigenvalue weighted by molar-refractivity contribution is -0.119. The van der Waals surface area contributed by atoms with Gasteiger partial charge in [-0.2, -0.15) is 0 Å². The maximum atomic E-state index is 13.0. The molecule has 0 aromatic heterocycles. The van der Waals surface area contributed by atoms with E-state index in [1.54, 1.807) is 37.4 Å². The summed E-state index contributed by atoms with van der Waals surface area (Å²) in [6.45, 7) is -0.138. The molecule has 0 unspecified atom stereocenters. The highest BCUT2D eigenvalue weighted by atomic mass is 35.5. The Kier molecular flexibility index (Phi) is 8.05. The average Bonchev–Trinajstić information content (AvgIpc) is 2.83. The van der Waals surface area contributed by atoms with E-state index in [0.717, 1.165) is 5.56 Å². The van der Waals surface area contributed by atoms with Gasteiger partial charge < -0.3 is 19.7 Å². The Morgan fingerprint density at radius 2 is 1.61 bits per heavy atom. The summed E-state index contributed by atoms with van der Waals surface area (Å²) in [5, 5.41) is 2.93. The van der Waals surface area contributed by atoms with Crippen LogP contribution in [-0.4, -0.2) is 43.4 Å². The van der Waals surface area contributed by atoms with Crippen molar-refractivity contribution in [1.82, 2.24) is 4.90 Å². The number of amides is 2. The molecule has 3 aromatic carbocycles. The van der Waals surface area contributed by atoms with Crippen molar-refractivity contribution in [3.63, 3.8) is 0 Å². The summed E-state index contributed by atoms with van der Waals surface area (Å²) >= 11 is 6.05. The summed E-state index contributed by atoms with van der Waals surface area (Å²) in [4.78, 5) is 39.3. The van der Waals surface area contributed by atoms with E-state index in [0.29, 0.717) is 23.0 Å². The van der Waals surface area contributed by atoms with Crippen molar-refractivity contribution in [3.8, 4) is 5.75 Å². The largest absolute Gasteiger partial charge is 0.495 e. The second-order valence-electron chi connectivity index (χ2n) is 7.17. The molecule has 3 aromatic rings. The number of ether oxygens (including phenoxy) is 2. The number of nitrogens with zero attached hydrogens (tertiary/aromatic N) is 1. The van der Waals surface area contributed by atoms with E-state index in [-0.39, 0.29) is 17.0 Å². The predicted octanol–water partition coefficient (Wildman–Crippen LogP) is 4.42. The molecule has 0 bridgehead atoms. The van der Waals surface area contributed by atoms with Gasteiger partial charge in [0.1, 0.15) is 5.75 Å². The van der Waals surface area contributed by atoms with Crippen LogP contribution in [0.15, 0.2) is 72.8 Å². The Morgan fingerprint density at radius 3 is 2.27 bits per heavy atom. The van der Waals surface area contributed by atoms with Gasteiger partial charge in [0.05, 0.1) is 23.3 Å². The first-order valence-corrected chi connectivity index (χ1v) is 10.5. The highest BCUT2D eigenvalue weighted by Gasteiger charge is 2.21. The summed E-state index contributed by atoms with van der Waals surface area (Å²) < 4.78 is 10.2. The van der Waals surface area contributed by atoms with Crippen LogP contribution in [-0.2, 0) is 16.1 Å². The van der Waals surface area contributed by atoms with E-state index < -0.39 is 18.5 Å². The minimum atomic E-state index is -0.769. The van der Waals surface area contributed by atoms with Crippen LogP contribution >= 0.6 is 11.6 Å². The standard InChI is InChI=1S/C25H23ClN2O5/c1-28(15-17-8-4-3-5-9-17)24(30)19-10-6-7-11-20(19)25(31)33-16-23(29)27-18-12-13-22(32-2)21(26)14-18/h3-14H,15-16H2,1-2H3,(H,27,29). The third-order valence-electron chi connectivity index (χ3n) is 4.76. The van der Waals surface area contributed by atoms with Crippen molar-refractivity contribution in [1.29, 1.82) is 0 Å². The van der Waals surface area contributed by atoms with E-state index in [4.69, 9.17) is 21.1 Å². The number of hydrogen-bond acceptors (Lipinski definition) is 5. The molecular weight excluding hydrogens is 444 g/mol. The minimum absolute atomic E-state index is 0.0858. The zero-order chi connectivity index (χ0) is 23.8. The fraction of sp³-hybridized carbons (Fsp3) is 0.160. The minimum Gasteiger partial charge on any atom is -0.495 e. The van der Waals surface area contributed by atoms with Gasteiger partial charge in [0.25, 0.3) is 11.8 Å². The molecule has 33 heavy (non-hydrogen) atoms. The number of carbonyl (C=O) groups excluding carboxylic acids is 3. The Balaban J connectivity index is 1.63. The van der Waals surface area contributed by atoms with E-state index in [1.165, 1.54) is 24.1 Å². The lowest BCUT2D eigenvalue weighted by Crippen LogP contribution is -2.28. The first kappa shape index (κ1) is 23.8. The van der Waals surface area contributed by atoms with Crippen LogP contribution in [0.5, 0.6) is 5.75 Å². The molecule has 8 heteroatoms. The van der Waals surface area contributed by atoms with Crippen molar-refractivity contribution in [2.45, 2.75) is 6.54 Å². The Labute approximate surface area is 196 Å². The molecule has 2 amide bonds. The summed E-state index contributed by atoms with van der Waals surface area (Å²) in [5.74, 6) is -1.17.